The predicted molar refractivity (Wildman–Crippen MR) is 65.3 cm³/mol. The number of carbonyl (C=O) groups is 1. The van der Waals surface area contributed by atoms with Crippen LogP contribution in [0.3, 0.4) is 0 Å². The maximum Gasteiger partial charge on any atom is 0.306 e. The predicted octanol–water partition coefficient (Wildman–Crippen LogP) is 2.66. The summed E-state index contributed by atoms with van der Waals surface area (Å²) in [7, 11) is 0. The van der Waals surface area contributed by atoms with Gasteiger partial charge >= 0.3 is 5.97 Å². The first-order valence-corrected chi connectivity index (χ1v) is 6.04. The molecule has 0 unspecified atom stereocenters. The summed E-state index contributed by atoms with van der Waals surface area (Å²) >= 11 is 1.51. The van der Waals surface area contributed by atoms with Gasteiger partial charge in [-0.05, 0) is 12.1 Å². The Labute approximate surface area is 103 Å². The minimum atomic E-state index is -0.865. The lowest BCUT2D eigenvalue weighted by Crippen LogP contribution is -2.05. The van der Waals surface area contributed by atoms with E-state index in [2.05, 4.69) is 4.98 Å². The summed E-state index contributed by atoms with van der Waals surface area (Å²) < 4.78 is 5.46. The van der Waals surface area contributed by atoms with Gasteiger partial charge < -0.3 is 9.84 Å². The van der Waals surface area contributed by atoms with Crippen LogP contribution in [0.1, 0.15) is 6.42 Å². The summed E-state index contributed by atoms with van der Waals surface area (Å²) in [5, 5.41) is 10.5. The van der Waals surface area contributed by atoms with E-state index in [1.54, 1.807) is 5.51 Å². The number of carboxylic acid groups (broad SMARTS) is 1. The third-order valence-corrected chi connectivity index (χ3v) is 2.76. The Kier molecular flexibility index (Phi) is 3.72. The van der Waals surface area contributed by atoms with E-state index in [0.29, 0.717) is 5.75 Å². The van der Waals surface area contributed by atoms with Crippen molar-refractivity contribution >= 4 is 17.3 Å². The number of carboxylic acids is 1. The first-order valence-electron chi connectivity index (χ1n) is 5.09. The molecule has 0 aliphatic carbocycles. The Morgan fingerprint density at radius 2 is 2.24 bits per heavy atom. The van der Waals surface area contributed by atoms with Crippen molar-refractivity contribution in [1.29, 1.82) is 0 Å². The quantitative estimate of drug-likeness (QED) is 0.885. The van der Waals surface area contributed by atoms with Gasteiger partial charge in [0.05, 0.1) is 24.2 Å². The molecular formula is C12H11NO3S. The van der Waals surface area contributed by atoms with E-state index in [9.17, 15) is 4.79 Å². The molecule has 0 saturated carbocycles. The van der Waals surface area contributed by atoms with Crippen molar-refractivity contribution in [1.82, 2.24) is 4.98 Å². The molecule has 17 heavy (non-hydrogen) atoms. The average molecular weight is 249 g/mol. The molecule has 2 rings (SSSR count). The summed E-state index contributed by atoms with van der Waals surface area (Å²) in [5.41, 5.74) is 3.49. The molecule has 5 heteroatoms. The molecule has 0 bridgehead atoms. The molecule has 0 aliphatic rings. The fraction of sp³-hybridized carbons (Fsp3) is 0.167. The Hall–Kier alpha value is -1.88. The average Bonchev–Trinajstić information content (AvgIpc) is 2.82. The van der Waals surface area contributed by atoms with Crippen LogP contribution in [-0.4, -0.2) is 22.7 Å². The molecule has 4 nitrogen and oxygen atoms in total. The van der Waals surface area contributed by atoms with Gasteiger partial charge in [0, 0.05) is 10.9 Å². The van der Waals surface area contributed by atoms with Crippen LogP contribution < -0.4 is 4.74 Å². The molecular weight excluding hydrogens is 238 g/mol. The van der Waals surface area contributed by atoms with E-state index >= 15 is 0 Å². The lowest BCUT2D eigenvalue weighted by atomic mass is 10.1. The van der Waals surface area contributed by atoms with Gasteiger partial charge in [0.2, 0.25) is 0 Å². The zero-order valence-electron chi connectivity index (χ0n) is 9.00. The standard InChI is InChI=1S/C12H11NO3S/c14-12(15)5-6-16-11-4-2-1-3-9(11)10-7-17-8-13-10/h1-4,7-8H,5-6H2,(H,14,15). The summed E-state index contributed by atoms with van der Waals surface area (Å²) in [5.74, 6) is -0.198. The van der Waals surface area contributed by atoms with Crippen LogP contribution in [0.2, 0.25) is 0 Å². The summed E-state index contributed by atoms with van der Waals surface area (Å²) in [6.45, 7) is 0.163. The van der Waals surface area contributed by atoms with Gasteiger partial charge in [-0.2, -0.15) is 0 Å². The maximum atomic E-state index is 10.4. The highest BCUT2D eigenvalue weighted by atomic mass is 32.1. The number of rotatable bonds is 5. The van der Waals surface area contributed by atoms with Crippen molar-refractivity contribution in [2.75, 3.05) is 6.61 Å². The fourth-order valence-electron chi connectivity index (χ4n) is 1.40. The van der Waals surface area contributed by atoms with E-state index in [1.807, 2.05) is 29.6 Å². The normalized spacial score (nSPS) is 10.1. The van der Waals surface area contributed by atoms with Gasteiger partial charge in [-0.25, -0.2) is 4.98 Å². The second kappa shape index (κ2) is 5.45. The van der Waals surface area contributed by atoms with Crippen LogP contribution in [0.4, 0.5) is 0 Å². The third-order valence-electron chi connectivity index (χ3n) is 2.17. The number of ether oxygens (including phenoxy) is 1. The molecule has 0 amide bonds. The van der Waals surface area contributed by atoms with E-state index in [4.69, 9.17) is 9.84 Å². The summed E-state index contributed by atoms with van der Waals surface area (Å²) in [4.78, 5) is 14.6. The van der Waals surface area contributed by atoms with Gasteiger partial charge in [0.15, 0.2) is 0 Å². The first kappa shape index (κ1) is 11.6. The van der Waals surface area contributed by atoms with Crippen molar-refractivity contribution in [3.05, 3.63) is 35.2 Å². The number of aliphatic carboxylic acids is 1. The second-order valence-corrected chi connectivity index (χ2v) is 4.08. The Morgan fingerprint density at radius 3 is 2.94 bits per heavy atom. The monoisotopic (exact) mass is 249 g/mol. The Bertz CT molecular complexity index is 496. The van der Waals surface area contributed by atoms with E-state index in [-0.39, 0.29) is 13.0 Å². The van der Waals surface area contributed by atoms with Crippen LogP contribution in [-0.2, 0) is 4.79 Å². The van der Waals surface area contributed by atoms with Crippen molar-refractivity contribution in [3.8, 4) is 17.0 Å². The minimum Gasteiger partial charge on any atom is -0.492 e. The van der Waals surface area contributed by atoms with Crippen molar-refractivity contribution < 1.29 is 14.6 Å². The topological polar surface area (TPSA) is 59.4 Å². The molecule has 2 aromatic rings. The summed E-state index contributed by atoms with van der Waals surface area (Å²) in [6, 6.07) is 7.48. The SMILES string of the molecule is O=C(O)CCOc1ccccc1-c1cscn1. The van der Waals surface area contributed by atoms with Gasteiger partial charge in [0.25, 0.3) is 0 Å². The highest BCUT2D eigenvalue weighted by Crippen LogP contribution is 2.29. The Balaban J connectivity index is 2.14. The lowest BCUT2D eigenvalue weighted by molar-refractivity contribution is -0.137. The van der Waals surface area contributed by atoms with E-state index in [1.165, 1.54) is 11.3 Å². The molecule has 0 spiro atoms. The van der Waals surface area contributed by atoms with E-state index < -0.39 is 5.97 Å². The number of nitrogens with zero attached hydrogens (tertiary/aromatic N) is 1. The smallest absolute Gasteiger partial charge is 0.306 e. The molecule has 0 atom stereocenters. The zero-order chi connectivity index (χ0) is 12.1. The molecule has 0 saturated heterocycles. The molecule has 0 aliphatic heterocycles. The maximum absolute atomic E-state index is 10.4. The van der Waals surface area contributed by atoms with E-state index in [0.717, 1.165) is 11.3 Å². The van der Waals surface area contributed by atoms with Gasteiger partial charge in [-0.1, -0.05) is 12.1 Å². The minimum absolute atomic E-state index is 0.00853. The van der Waals surface area contributed by atoms with Gasteiger partial charge in [-0.3, -0.25) is 4.79 Å². The highest BCUT2D eigenvalue weighted by Gasteiger charge is 2.07. The van der Waals surface area contributed by atoms with Gasteiger partial charge in [-0.15, -0.1) is 11.3 Å². The lowest BCUT2D eigenvalue weighted by Gasteiger charge is -2.08. The number of aromatic nitrogens is 1. The number of thiazole rings is 1. The van der Waals surface area contributed by atoms with Crippen molar-refractivity contribution in [2.24, 2.45) is 0 Å². The molecule has 0 radical (unpaired) electrons. The first-order chi connectivity index (χ1) is 8.27. The van der Waals surface area contributed by atoms with Crippen LogP contribution in [0.5, 0.6) is 5.75 Å². The summed E-state index contributed by atoms with van der Waals surface area (Å²) in [6.07, 6.45) is -0.00853. The highest BCUT2D eigenvalue weighted by molar-refractivity contribution is 7.07. The molecule has 0 fully saturated rings. The van der Waals surface area contributed by atoms with Crippen LogP contribution in [0.25, 0.3) is 11.3 Å². The molecule has 1 aromatic heterocycles. The zero-order valence-corrected chi connectivity index (χ0v) is 9.81. The number of hydrogen-bond donors (Lipinski definition) is 1. The molecule has 1 N–H and O–H groups in total. The van der Waals surface area contributed by atoms with Crippen LogP contribution >= 0.6 is 11.3 Å². The second-order valence-electron chi connectivity index (χ2n) is 3.36. The van der Waals surface area contributed by atoms with Gasteiger partial charge in [0.1, 0.15) is 5.75 Å². The number of para-hydroxylation sites is 1. The molecule has 1 aromatic carbocycles. The molecule has 88 valence electrons. The van der Waals surface area contributed by atoms with Crippen molar-refractivity contribution in [3.63, 3.8) is 0 Å². The Morgan fingerprint density at radius 1 is 1.41 bits per heavy atom. The largest absolute Gasteiger partial charge is 0.492 e. The van der Waals surface area contributed by atoms with Crippen LogP contribution in [0.15, 0.2) is 35.2 Å². The third kappa shape index (κ3) is 3.04. The van der Waals surface area contributed by atoms with Crippen molar-refractivity contribution in [2.45, 2.75) is 6.42 Å². The molecule has 1 heterocycles. The fourth-order valence-corrected chi connectivity index (χ4v) is 1.95. The number of benzene rings is 1. The van der Waals surface area contributed by atoms with Crippen LogP contribution in [0, 0.1) is 0 Å². The number of hydrogen-bond acceptors (Lipinski definition) is 4.